The Morgan fingerprint density at radius 1 is 1.27 bits per heavy atom. The Kier molecular flexibility index (Phi) is 3.59. The molecule has 1 N–H and O–H groups in total. The summed E-state index contributed by atoms with van der Waals surface area (Å²) in [6.45, 7) is 3.93. The summed E-state index contributed by atoms with van der Waals surface area (Å²) in [6, 6.07) is 0.158. The van der Waals surface area contributed by atoms with Gasteiger partial charge in [0.25, 0.3) is 0 Å². The van der Waals surface area contributed by atoms with Crippen LogP contribution < -0.4 is 5.32 Å². The molecule has 4 fully saturated rings. The summed E-state index contributed by atoms with van der Waals surface area (Å²) in [6.07, 6.45) is 8.54. The number of hydrogen-bond acceptors (Lipinski definition) is 2. The number of aromatic nitrogens is 2. The monoisotopic (exact) mass is 365 g/mol. The van der Waals surface area contributed by atoms with Crippen LogP contribution in [0.4, 0.5) is 0 Å². The van der Waals surface area contributed by atoms with Gasteiger partial charge in [0.2, 0.25) is 5.91 Å². The number of nitrogens with one attached hydrogen (secondary N) is 1. The Morgan fingerprint density at radius 2 is 1.86 bits per heavy atom. The van der Waals surface area contributed by atoms with Crippen molar-refractivity contribution in [2.24, 2.45) is 23.7 Å². The first kappa shape index (κ1) is 14.7. The summed E-state index contributed by atoms with van der Waals surface area (Å²) in [5.41, 5.74) is 1.01. The van der Waals surface area contributed by atoms with Gasteiger partial charge in [-0.05, 0) is 85.6 Å². The van der Waals surface area contributed by atoms with E-state index in [-0.39, 0.29) is 11.9 Å². The standard InChI is InChI=1S/C17H24BrN3O/c1-9-15(18)8-19-21(9)10(2)17(22)20-16-13-4-11-3-12(6-13)7-14(16)5-11/h8,10-14,16H,3-7H2,1-2H3,(H,20,22). The molecule has 4 nitrogen and oxygen atoms in total. The van der Waals surface area contributed by atoms with Gasteiger partial charge in [0.15, 0.2) is 0 Å². The number of halogens is 1. The molecule has 1 amide bonds. The molecule has 5 rings (SSSR count). The number of carbonyl (C=O) groups excluding carboxylic acids is 1. The molecule has 120 valence electrons. The third kappa shape index (κ3) is 2.32. The molecule has 0 saturated heterocycles. The zero-order valence-electron chi connectivity index (χ0n) is 13.3. The maximum absolute atomic E-state index is 12.7. The van der Waals surface area contributed by atoms with Crippen LogP contribution in [0, 0.1) is 30.6 Å². The van der Waals surface area contributed by atoms with E-state index in [0.717, 1.165) is 33.8 Å². The van der Waals surface area contributed by atoms with Gasteiger partial charge >= 0.3 is 0 Å². The van der Waals surface area contributed by atoms with Crippen LogP contribution in [0.2, 0.25) is 0 Å². The SMILES string of the molecule is Cc1c(Br)cnn1C(C)C(=O)NC1C2CC3CC(C2)CC1C3. The molecular formula is C17H24BrN3O. The second-order valence-corrected chi connectivity index (χ2v) is 8.52. The van der Waals surface area contributed by atoms with Crippen LogP contribution in [0.15, 0.2) is 10.7 Å². The minimum Gasteiger partial charge on any atom is -0.351 e. The summed E-state index contributed by atoms with van der Waals surface area (Å²) < 4.78 is 2.77. The molecule has 4 saturated carbocycles. The van der Waals surface area contributed by atoms with E-state index in [1.54, 1.807) is 6.20 Å². The lowest BCUT2D eigenvalue weighted by Crippen LogP contribution is -2.56. The van der Waals surface area contributed by atoms with Crippen LogP contribution in [0.25, 0.3) is 0 Å². The molecule has 0 spiro atoms. The lowest BCUT2D eigenvalue weighted by molar-refractivity contribution is -0.128. The molecule has 22 heavy (non-hydrogen) atoms. The molecule has 0 aromatic carbocycles. The van der Waals surface area contributed by atoms with Crippen LogP contribution in [0.3, 0.4) is 0 Å². The van der Waals surface area contributed by atoms with Gasteiger partial charge in [-0.15, -0.1) is 0 Å². The van der Waals surface area contributed by atoms with E-state index in [2.05, 4.69) is 26.3 Å². The number of rotatable bonds is 3. The third-order valence-corrected chi connectivity index (χ3v) is 7.05. The molecule has 1 atom stereocenters. The van der Waals surface area contributed by atoms with Crippen molar-refractivity contribution in [1.82, 2.24) is 15.1 Å². The van der Waals surface area contributed by atoms with E-state index in [1.807, 2.05) is 18.5 Å². The van der Waals surface area contributed by atoms with E-state index in [1.165, 1.54) is 32.1 Å². The largest absolute Gasteiger partial charge is 0.351 e. The van der Waals surface area contributed by atoms with Gasteiger partial charge in [-0.1, -0.05) is 0 Å². The van der Waals surface area contributed by atoms with Crippen LogP contribution in [-0.4, -0.2) is 21.7 Å². The van der Waals surface area contributed by atoms with Crippen molar-refractivity contribution in [3.8, 4) is 0 Å². The van der Waals surface area contributed by atoms with Crippen molar-refractivity contribution in [3.63, 3.8) is 0 Å². The first-order valence-electron chi connectivity index (χ1n) is 8.53. The number of nitrogens with zero attached hydrogens (tertiary/aromatic N) is 2. The molecule has 4 aliphatic rings. The van der Waals surface area contributed by atoms with E-state index < -0.39 is 0 Å². The first-order chi connectivity index (χ1) is 10.5. The molecule has 5 heteroatoms. The zero-order valence-corrected chi connectivity index (χ0v) is 14.8. The fourth-order valence-corrected chi connectivity index (χ4v) is 5.62. The van der Waals surface area contributed by atoms with E-state index >= 15 is 0 Å². The van der Waals surface area contributed by atoms with Crippen LogP contribution >= 0.6 is 15.9 Å². The number of hydrogen-bond donors (Lipinski definition) is 1. The topological polar surface area (TPSA) is 46.9 Å². The predicted octanol–water partition coefficient (Wildman–Crippen LogP) is 3.46. The Hall–Kier alpha value is -0.840. The highest BCUT2D eigenvalue weighted by molar-refractivity contribution is 9.10. The minimum absolute atomic E-state index is 0.121. The summed E-state index contributed by atoms with van der Waals surface area (Å²) in [4.78, 5) is 12.7. The van der Waals surface area contributed by atoms with Crippen molar-refractivity contribution in [2.45, 2.75) is 58.0 Å². The Bertz CT molecular complexity index is 569. The van der Waals surface area contributed by atoms with Gasteiger partial charge in [0, 0.05) is 6.04 Å². The molecule has 1 aromatic heterocycles. The van der Waals surface area contributed by atoms with Gasteiger partial charge in [-0.2, -0.15) is 5.10 Å². The second-order valence-electron chi connectivity index (χ2n) is 7.66. The van der Waals surface area contributed by atoms with Crippen molar-refractivity contribution >= 4 is 21.8 Å². The first-order valence-corrected chi connectivity index (χ1v) is 9.32. The summed E-state index contributed by atoms with van der Waals surface area (Å²) >= 11 is 3.47. The normalized spacial score (nSPS) is 37.3. The molecule has 4 bridgehead atoms. The average Bonchev–Trinajstić information content (AvgIpc) is 2.81. The maximum Gasteiger partial charge on any atom is 0.244 e. The van der Waals surface area contributed by atoms with Gasteiger partial charge in [0.05, 0.1) is 16.4 Å². The quantitative estimate of drug-likeness (QED) is 0.891. The maximum atomic E-state index is 12.7. The highest BCUT2D eigenvalue weighted by atomic mass is 79.9. The number of amides is 1. The highest BCUT2D eigenvalue weighted by Gasteiger charge is 2.48. The molecule has 1 heterocycles. The van der Waals surface area contributed by atoms with Gasteiger partial charge in [0.1, 0.15) is 6.04 Å². The second kappa shape index (κ2) is 5.36. The van der Waals surface area contributed by atoms with Crippen molar-refractivity contribution < 1.29 is 4.79 Å². The van der Waals surface area contributed by atoms with Gasteiger partial charge in [-0.25, -0.2) is 0 Å². The van der Waals surface area contributed by atoms with E-state index in [4.69, 9.17) is 0 Å². The zero-order chi connectivity index (χ0) is 15.4. The summed E-state index contributed by atoms with van der Waals surface area (Å²) in [5.74, 6) is 3.45. The molecule has 1 unspecified atom stereocenters. The molecule has 4 aliphatic carbocycles. The van der Waals surface area contributed by atoms with Crippen molar-refractivity contribution in [3.05, 3.63) is 16.4 Å². The van der Waals surface area contributed by atoms with Crippen LogP contribution in [-0.2, 0) is 4.79 Å². The predicted molar refractivity (Wildman–Crippen MR) is 88.4 cm³/mol. The minimum atomic E-state index is -0.247. The lowest BCUT2D eigenvalue weighted by atomic mass is 9.54. The Labute approximate surface area is 140 Å². The highest BCUT2D eigenvalue weighted by Crippen LogP contribution is 2.53. The van der Waals surface area contributed by atoms with Gasteiger partial charge in [-0.3, -0.25) is 9.48 Å². The van der Waals surface area contributed by atoms with E-state index in [0.29, 0.717) is 6.04 Å². The molecule has 1 aromatic rings. The average molecular weight is 366 g/mol. The van der Waals surface area contributed by atoms with E-state index in [9.17, 15) is 4.79 Å². The van der Waals surface area contributed by atoms with Gasteiger partial charge < -0.3 is 5.32 Å². The lowest BCUT2D eigenvalue weighted by Gasteiger charge is -2.54. The Balaban J connectivity index is 1.47. The van der Waals surface area contributed by atoms with Crippen LogP contribution in [0.5, 0.6) is 0 Å². The molecular weight excluding hydrogens is 342 g/mol. The fourth-order valence-electron chi connectivity index (χ4n) is 5.35. The van der Waals surface area contributed by atoms with Crippen molar-refractivity contribution in [2.75, 3.05) is 0 Å². The van der Waals surface area contributed by atoms with Crippen LogP contribution in [0.1, 0.15) is 50.8 Å². The third-order valence-electron chi connectivity index (χ3n) is 6.27. The summed E-state index contributed by atoms with van der Waals surface area (Å²) in [5, 5.41) is 7.71. The smallest absolute Gasteiger partial charge is 0.244 e. The molecule has 0 aliphatic heterocycles. The number of carbonyl (C=O) groups is 1. The van der Waals surface area contributed by atoms with Crippen molar-refractivity contribution in [1.29, 1.82) is 0 Å². The fraction of sp³-hybridized carbons (Fsp3) is 0.765. The molecule has 0 radical (unpaired) electrons. The Morgan fingerprint density at radius 3 is 2.36 bits per heavy atom. The summed E-state index contributed by atoms with van der Waals surface area (Å²) in [7, 11) is 0.